The van der Waals surface area contributed by atoms with E-state index in [1.54, 1.807) is 0 Å². The van der Waals surface area contributed by atoms with Gasteiger partial charge in [0.25, 0.3) is 0 Å². The van der Waals surface area contributed by atoms with Crippen LogP contribution in [0.2, 0.25) is 0 Å². The number of nitrogens with zero attached hydrogens (tertiary/aromatic N) is 1. The molecule has 2 heterocycles. The molecule has 5 heteroatoms. The fraction of sp³-hybridized carbons (Fsp3) is 0.889. The molecule has 0 bridgehead atoms. The molecule has 0 aliphatic carbocycles. The van der Waals surface area contributed by atoms with Crippen LogP contribution in [0.5, 0.6) is 0 Å². The van der Waals surface area contributed by atoms with Crippen LogP contribution in [0.3, 0.4) is 0 Å². The standard InChI is InChI=1S/C9H17N3O2/c1-2-13-9(6-10-1)7-14-12-5-8-3-11-4-8/h5,8-11H,1-4,6-7H2/t9-/m0/s1. The molecule has 2 saturated heterocycles. The van der Waals surface area contributed by atoms with Gasteiger partial charge in [-0.15, -0.1) is 0 Å². The fourth-order valence-electron chi connectivity index (χ4n) is 1.40. The lowest BCUT2D eigenvalue weighted by molar-refractivity contribution is -0.0302. The van der Waals surface area contributed by atoms with E-state index in [-0.39, 0.29) is 6.10 Å². The van der Waals surface area contributed by atoms with Crippen molar-refractivity contribution < 1.29 is 9.57 Å². The second-order valence-electron chi connectivity index (χ2n) is 3.67. The first kappa shape index (κ1) is 9.89. The summed E-state index contributed by atoms with van der Waals surface area (Å²) in [6.07, 6.45) is 2.02. The minimum absolute atomic E-state index is 0.153. The molecule has 2 rings (SSSR count). The van der Waals surface area contributed by atoms with E-state index < -0.39 is 0 Å². The van der Waals surface area contributed by atoms with Crippen LogP contribution in [0.4, 0.5) is 0 Å². The molecule has 0 unspecified atom stereocenters. The van der Waals surface area contributed by atoms with Gasteiger partial charge in [0.15, 0.2) is 0 Å². The topological polar surface area (TPSA) is 54.9 Å². The third-order valence-electron chi connectivity index (χ3n) is 2.42. The van der Waals surface area contributed by atoms with Crippen LogP contribution in [0.1, 0.15) is 0 Å². The molecule has 14 heavy (non-hydrogen) atoms. The van der Waals surface area contributed by atoms with Crippen LogP contribution in [0, 0.1) is 5.92 Å². The van der Waals surface area contributed by atoms with E-state index in [0.29, 0.717) is 12.5 Å². The lowest BCUT2D eigenvalue weighted by atomic mass is 10.1. The van der Waals surface area contributed by atoms with Gasteiger partial charge in [-0.05, 0) is 0 Å². The molecule has 0 amide bonds. The van der Waals surface area contributed by atoms with Crippen LogP contribution < -0.4 is 10.6 Å². The largest absolute Gasteiger partial charge is 0.393 e. The van der Waals surface area contributed by atoms with Gasteiger partial charge in [0.05, 0.1) is 6.61 Å². The quantitative estimate of drug-likeness (QED) is 0.459. The predicted octanol–water partition coefficient (Wildman–Crippen LogP) is -0.803. The first-order valence-electron chi connectivity index (χ1n) is 5.13. The molecule has 0 spiro atoms. The summed E-state index contributed by atoms with van der Waals surface area (Å²) in [4.78, 5) is 5.16. The Morgan fingerprint density at radius 2 is 2.29 bits per heavy atom. The average Bonchev–Trinajstić information content (AvgIpc) is 2.16. The van der Waals surface area contributed by atoms with Crippen molar-refractivity contribution in [2.45, 2.75) is 6.10 Å². The molecular formula is C9H17N3O2. The van der Waals surface area contributed by atoms with Crippen LogP contribution >= 0.6 is 0 Å². The van der Waals surface area contributed by atoms with Crippen molar-refractivity contribution in [2.24, 2.45) is 11.1 Å². The Balaban J connectivity index is 1.54. The van der Waals surface area contributed by atoms with E-state index in [1.165, 1.54) is 0 Å². The molecule has 2 aliphatic heterocycles. The molecule has 1 atom stereocenters. The van der Waals surface area contributed by atoms with Crippen molar-refractivity contribution in [3.05, 3.63) is 0 Å². The molecule has 5 nitrogen and oxygen atoms in total. The van der Waals surface area contributed by atoms with E-state index in [0.717, 1.165) is 32.8 Å². The van der Waals surface area contributed by atoms with Gasteiger partial charge in [-0.25, -0.2) is 0 Å². The zero-order valence-corrected chi connectivity index (χ0v) is 8.24. The highest BCUT2D eigenvalue weighted by atomic mass is 16.6. The Morgan fingerprint density at radius 3 is 2.93 bits per heavy atom. The summed E-state index contributed by atoms with van der Waals surface area (Å²) in [7, 11) is 0. The Morgan fingerprint density at radius 1 is 1.36 bits per heavy atom. The number of oxime groups is 1. The molecule has 2 fully saturated rings. The van der Waals surface area contributed by atoms with Gasteiger partial charge < -0.3 is 20.2 Å². The van der Waals surface area contributed by atoms with E-state index in [2.05, 4.69) is 15.8 Å². The smallest absolute Gasteiger partial charge is 0.144 e. The fourth-order valence-corrected chi connectivity index (χ4v) is 1.40. The number of rotatable bonds is 4. The van der Waals surface area contributed by atoms with Gasteiger partial charge in [0.1, 0.15) is 12.7 Å². The molecule has 0 radical (unpaired) electrons. The molecular weight excluding hydrogens is 182 g/mol. The minimum Gasteiger partial charge on any atom is -0.393 e. The van der Waals surface area contributed by atoms with E-state index >= 15 is 0 Å². The van der Waals surface area contributed by atoms with Crippen LogP contribution in [-0.2, 0) is 9.57 Å². The summed E-state index contributed by atoms with van der Waals surface area (Å²) >= 11 is 0. The molecule has 2 N–H and O–H groups in total. The van der Waals surface area contributed by atoms with Crippen molar-refractivity contribution in [2.75, 3.05) is 39.4 Å². The van der Waals surface area contributed by atoms with Gasteiger partial charge in [-0.2, -0.15) is 0 Å². The number of ether oxygens (including phenoxy) is 1. The second-order valence-corrected chi connectivity index (χ2v) is 3.67. The van der Waals surface area contributed by atoms with Crippen LogP contribution in [0.15, 0.2) is 5.16 Å². The number of morpholine rings is 1. The van der Waals surface area contributed by atoms with Crippen LogP contribution in [-0.4, -0.2) is 51.7 Å². The number of hydrogen-bond donors (Lipinski definition) is 2. The number of hydrogen-bond acceptors (Lipinski definition) is 5. The van der Waals surface area contributed by atoms with E-state index in [1.807, 2.05) is 6.21 Å². The zero-order chi connectivity index (χ0) is 9.64. The third kappa shape index (κ3) is 2.94. The van der Waals surface area contributed by atoms with Crippen molar-refractivity contribution in [1.82, 2.24) is 10.6 Å². The molecule has 0 saturated carbocycles. The third-order valence-corrected chi connectivity index (χ3v) is 2.42. The molecule has 80 valence electrons. The monoisotopic (exact) mass is 199 g/mol. The van der Waals surface area contributed by atoms with Crippen molar-refractivity contribution in [3.63, 3.8) is 0 Å². The maximum atomic E-state index is 5.45. The normalized spacial score (nSPS) is 29.0. The SMILES string of the molecule is C(=NOC[C@@H]1CNCCO1)C1CNC1. The highest BCUT2D eigenvalue weighted by molar-refractivity contribution is 5.61. The van der Waals surface area contributed by atoms with Gasteiger partial charge in [-0.3, -0.25) is 0 Å². The second kappa shape index (κ2) is 5.29. The summed E-state index contributed by atoms with van der Waals surface area (Å²) in [5.74, 6) is 0.556. The molecule has 0 aromatic carbocycles. The van der Waals surface area contributed by atoms with Crippen molar-refractivity contribution in [3.8, 4) is 0 Å². The van der Waals surface area contributed by atoms with Gasteiger partial charge in [-0.1, -0.05) is 5.16 Å². The lowest BCUT2D eigenvalue weighted by Gasteiger charge is -2.23. The van der Waals surface area contributed by atoms with Crippen molar-refractivity contribution >= 4 is 6.21 Å². The molecule has 0 aromatic rings. The lowest BCUT2D eigenvalue weighted by Crippen LogP contribution is -2.43. The molecule has 0 aromatic heterocycles. The minimum atomic E-state index is 0.153. The van der Waals surface area contributed by atoms with Gasteiger partial charge in [0.2, 0.25) is 0 Å². The zero-order valence-electron chi connectivity index (χ0n) is 8.24. The van der Waals surface area contributed by atoms with Crippen molar-refractivity contribution in [1.29, 1.82) is 0 Å². The van der Waals surface area contributed by atoms with Gasteiger partial charge >= 0.3 is 0 Å². The number of nitrogens with one attached hydrogen (secondary N) is 2. The van der Waals surface area contributed by atoms with E-state index in [4.69, 9.17) is 9.57 Å². The van der Waals surface area contributed by atoms with E-state index in [9.17, 15) is 0 Å². The highest BCUT2D eigenvalue weighted by Crippen LogP contribution is 2.00. The summed E-state index contributed by atoms with van der Waals surface area (Å²) < 4.78 is 5.45. The molecule has 2 aliphatic rings. The van der Waals surface area contributed by atoms with Crippen LogP contribution in [0.25, 0.3) is 0 Å². The van der Waals surface area contributed by atoms with Gasteiger partial charge in [0, 0.05) is 38.3 Å². The summed E-state index contributed by atoms with van der Waals surface area (Å²) in [6, 6.07) is 0. The Kier molecular flexibility index (Phi) is 3.73. The maximum Gasteiger partial charge on any atom is 0.144 e. The Labute approximate surface area is 83.8 Å². The highest BCUT2D eigenvalue weighted by Gasteiger charge is 2.15. The Bertz CT molecular complexity index is 188. The average molecular weight is 199 g/mol. The summed E-state index contributed by atoms with van der Waals surface area (Å²) in [6.45, 7) is 5.16. The predicted molar refractivity (Wildman–Crippen MR) is 53.4 cm³/mol. The summed E-state index contributed by atoms with van der Waals surface area (Å²) in [5, 5.41) is 10.3. The summed E-state index contributed by atoms with van der Waals surface area (Å²) in [5.41, 5.74) is 0. The first-order valence-corrected chi connectivity index (χ1v) is 5.13. The first-order chi connectivity index (χ1) is 6.95. The maximum absolute atomic E-state index is 5.45. The Hall–Kier alpha value is -0.650.